The maximum Gasteiger partial charge on any atom is 0.201 e. The van der Waals surface area contributed by atoms with Gasteiger partial charge in [-0.05, 0) is 18.6 Å². The second-order valence-corrected chi connectivity index (χ2v) is 3.82. The lowest BCUT2D eigenvalue weighted by Crippen LogP contribution is -2.50. The van der Waals surface area contributed by atoms with Crippen molar-refractivity contribution in [3.63, 3.8) is 0 Å². The fourth-order valence-corrected chi connectivity index (χ4v) is 1.61. The summed E-state index contributed by atoms with van der Waals surface area (Å²) in [6, 6.07) is 2.03. The van der Waals surface area contributed by atoms with Crippen molar-refractivity contribution in [2.24, 2.45) is 5.73 Å². The molecule has 1 aromatic rings. The van der Waals surface area contributed by atoms with Gasteiger partial charge >= 0.3 is 0 Å². The molecule has 0 spiro atoms. The van der Waals surface area contributed by atoms with Crippen LogP contribution in [-0.4, -0.2) is 18.8 Å². The van der Waals surface area contributed by atoms with Crippen molar-refractivity contribution in [2.75, 3.05) is 13.2 Å². The summed E-state index contributed by atoms with van der Waals surface area (Å²) < 4.78 is 37.4. The van der Waals surface area contributed by atoms with E-state index in [0.29, 0.717) is 6.42 Å². The predicted molar refractivity (Wildman–Crippen MR) is 54.6 cm³/mol. The molecule has 1 atom stereocenters. The largest absolute Gasteiger partial charge is 0.483 e. The summed E-state index contributed by atoms with van der Waals surface area (Å²) in [5.74, 6) is -1.61. The molecule has 0 aromatic heterocycles. The molecular formula is C11H13F2NO2. The Kier molecular flexibility index (Phi) is 2.71. The van der Waals surface area contributed by atoms with Crippen LogP contribution in [0.2, 0.25) is 0 Å². The quantitative estimate of drug-likeness (QED) is 0.841. The lowest BCUT2D eigenvalue weighted by atomic mass is 10.0. The van der Waals surface area contributed by atoms with Gasteiger partial charge in [0.1, 0.15) is 6.61 Å². The molecule has 0 amide bonds. The van der Waals surface area contributed by atoms with Crippen LogP contribution < -0.4 is 15.2 Å². The summed E-state index contributed by atoms with van der Waals surface area (Å²) in [4.78, 5) is 0. The van der Waals surface area contributed by atoms with Crippen LogP contribution in [0.25, 0.3) is 0 Å². The smallest absolute Gasteiger partial charge is 0.201 e. The molecule has 1 heterocycles. The lowest BCUT2D eigenvalue weighted by molar-refractivity contribution is -0.0105. The van der Waals surface area contributed by atoms with E-state index in [2.05, 4.69) is 0 Å². The Hall–Kier alpha value is -1.36. The first-order chi connectivity index (χ1) is 7.62. The molecule has 0 fully saturated rings. The van der Waals surface area contributed by atoms with Crippen molar-refractivity contribution < 1.29 is 18.3 Å². The SMILES string of the molecule is CC[C@]1(CN)COc2c(F)ccc(F)c2O1. The van der Waals surface area contributed by atoms with Crippen LogP contribution in [0.5, 0.6) is 11.5 Å². The van der Waals surface area contributed by atoms with E-state index in [9.17, 15) is 8.78 Å². The van der Waals surface area contributed by atoms with Crippen LogP contribution in [0, 0.1) is 11.6 Å². The van der Waals surface area contributed by atoms with Crippen LogP contribution in [-0.2, 0) is 0 Å². The molecule has 0 saturated carbocycles. The van der Waals surface area contributed by atoms with E-state index < -0.39 is 17.2 Å². The average molecular weight is 229 g/mol. The Morgan fingerprint density at radius 2 is 1.94 bits per heavy atom. The molecule has 5 heteroatoms. The van der Waals surface area contributed by atoms with Crippen molar-refractivity contribution in [1.29, 1.82) is 0 Å². The maximum absolute atomic E-state index is 13.5. The molecule has 1 aromatic carbocycles. The zero-order valence-electron chi connectivity index (χ0n) is 8.93. The first kappa shape index (κ1) is 11.1. The number of halogens is 2. The number of benzene rings is 1. The summed E-state index contributed by atoms with van der Waals surface area (Å²) in [5.41, 5.74) is 4.81. The molecular weight excluding hydrogens is 216 g/mol. The van der Waals surface area contributed by atoms with Crippen molar-refractivity contribution >= 4 is 0 Å². The molecule has 2 N–H and O–H groups in total. The molecule has 88 valence electrons. The van der Waals surface area contributed by atoms with E-state index in [1.165, 1.54) is 0 Å². The number of hydrogen-bond donors (Lipinski definition) is 1. The van der Waals surface area contributed by atoms with Crippen LogP contribution in [0.1, 0.15) is 13.3 Å². The predicted octanol–water partition coefficient (Wildman–Crippen LogP) is 1.84. The zero-order chi connectivity index (χ0) is 11.8. The Bertz CT molecular complexity index is 405. The number of ether oxygens (including phenoxy) is 2. The van der Waals surface area contributed by atoms with Crippen molar-refractivity contribution in [3.05, 3.63) is 23.8 Å². The van der Waals surface area contributed by atoms with Crippen LogP contribution in [0.15, 0.2) is 12.1 Å². The first-order valence-corrected chi connectivity index (χ1v) is 5.12. The van der Waals surface area contributed by atoms with E-state index >= 15 is 0 Å². The van der Waals surface area contributed by atoms with E-state index in [4.69, 9.17) is 15.2 Å². The van der Waals surface area contributed by atoms with Crippen molar-refractivity contribution in [1.82, 2.24) is 0 Å². The fraction of sp³-hybridized carbons (Fsp3) is 0.455. The highest BCUT2D eigenvalue weighted by Gasteiger charge is 2.37. The highest BCUT2D eigenvalue weighted by atomic mass is 19.1. The standard InChI is InChI=1S/C11H13F2NO2/c1-2-11(5-14)6-15-9-7(12)3-4-8(13)10(9)16-11/h3-4H,2,5-6,14H2,1H3/t11-/m0/s1. The third kappa shape index (κ3) is 1.61. The monoisotopic (exact) mass is 229 g/mol. The number of rotatable bonds is 2. The minimum atomic E-state index is -0.762. The highest BCUT2D eigenvalue weighted by molar-refractivity contribution is 5.44. The van der Waals surface area contributed by atoms with Gasteiger partial charge in [0.25, 0.3) is 0 Å². The number of hydrogen-bond acceptors (Lipinski definition) is 3. The van der Waals surface area contributed by atoms with Gasteiger partial charge in [0, 0.05) is 6.54 Å². The topological polar surface area (TPSA) is 44.5 Å². The van der Waals surface area contributed by atoms with Crippen LogP contribution >= 0.6 is 0 Å². The maximum atomic E-state index is 13.5. The molecule has 0 unspecified atom stereocenters. The summed E-state index contributed by atoms with van der Waals surface area (Å²) in [6.45, 7) is 2.19. The molecule has 1 aliphatic heterocycles. The van der Waals surface area contributed by atoms with Crippen molar-refractivity contribution in [3.8, 4) is 11.5 Å². The van der Waals surface area contributed by atoms with Gasteiger partial charge < -0.3 is 15.2 Å². The van der Waals surface area contributed by atoms with Gasteiger partial charge in [0.05, 0.1) is 0 Å². The number of nitrogens with two attached hydrogens (primary N) is 1. The van der Waals surface area contributed by atoms with Gasteiger partial charge in [-0.25, -0.2) is 8.78 Å². The minimum Gasteiger partial charge on any atom is -0.483 e. The molecule has 16 heavy (non-hydrogen) atoms. The highest BCUT2D eigenvalue weighted by Crippen LogP contribution is 2.40. The van der Waals surface area contributed by atoms with E-state index in [1.807, 2.05) is 6.92 Å². The van der Waals surface area contributed by atoms with Gasteiger partial charge in [-0.1, -0.05) is 6.92 Å². The Morgan fingerprint density at radius 3 is 2.50 bits per heavy atom. The summed E-state index contributed by atoms with van der Waals surface area (Å²) >= 11 is 0. The number of fused-ring (bicyclic) bond motifs is 1. The zero-order valence-corrected chi connectivity index (χ0v) is 8.93. The van der Waals surface area contributed by atoms with Crippen LogP contribution in [0.4, 0.5) is 8.78 Å². The van der Waals surface area contributed by atoms with Crippen molar-refractivity contribution in [2.45, 2.75) is 18.9 Å². The summed E-state index contributed by atoms with van der Waals surface area (Å²) in [6.07, 6.45) is 0.568. The fourth-order valence-electron chi connectivity index (χ4n) is 1.61. The minimum absolute atomic E-state index is 0.132. The Balaban J connectivity index is 2.43. The molecule has 0 saturated heterocycles. The molecule has 0 bridgehead atoms. The molecule has 2 rings (SSSR count). The third-order valence-electron chi connectivity index (χ3n) is 2.83. The molecule has 0 radical (unpaired) electrons. The first-order valence-electron chi connectivity index (χ1n) is 5.12. The van der Waals surface area contributed by atoms with Gasteiger partial charge in [-0.3, -0.25) is 0 Å². The Labute approximate surface area is 92.1 Å². The Morgan fingerprint density at radius 1 is 1.31 bits per heavy atom. The van der Waals surface area contributed by atoms with Crippen LogP contribution in [0.3, 0.4) is 0 Å². The average Bonchev–Trinajstić information content (AvgIpc) is 2.33. The lowest BCUT2D eigenvalue weighted by Gasteiger charge is -2.36. The normalized spacial score (nSPS) is 23.2. The van der Waals surface area contributed by atoms with E-state index in [1.54, 1.807) is 0 Å². The van der Waals surface area contributed by atoms with Gasteiger partial charge in [-0.15, -0.1) is 0 Å². The summed E-state index contributed by atoms with van der Waals surface area (Å²) in [5, 5.41) is 0. The third-order valence-corrected chi connectivity index (χ3v) is 2.83. The second-order valence-electron chi connectivity index (χ2n) is 3.82. The van der Waals surface area contributed by atoms with Gasteiger partial charge in [-0.2, -0.15) is 0 Å². The summed E-state index contributed by atoms with van der Waals surface area (Å²) in [7, 11) is 0. The van der Waals surface area contributed by atoms with Gasteiger partial charge in [0.2, 0.25) is 5.75 Å². The molecule has 3 nitrogen and oxygen atoms in total. The molecule has 0 aliphatic carbocycles. The van der Waals surface area contributed by atoms with Gasteiger partial charge in [0.15, 0.2) is 23.0 Å². The second kappa shape index (κ2) is 3.90. The van der Waals surface area contributed by atoms with E-state index in [0.717, 1.165) is 12.1 Å². The molecule has 1 aliphatic rings. The van der Waals surface area contributed by atoms with E-state index in [-0.39, 0.29) is 24.7 Å².